The van der Waals surface area contributed by atoms with Crippen molar-refractivity contribution >= 4 is 5.78 Å². The van der Waals surface area contributed by atoms with E-state index in [1.165, 1.54) is 6.92 Å². The number of ether oxygens (including phenoxy) is 2. The molecule has 0 aromatic rings. The molecular formula is C10H20O3. The quantitative estimate of drug-likeness (QED) is 0.545. The smallest absolute Gasteiger partial charge is 0.158 e. The molecule has 0 radical (unpaired) electrons. The van der Waals surface area contributed by atoms with Gasteiger partial charge in [0.2, 0.25) is 0 Å². The molecule has 0 bridgehead atoms. The largest absolute Gasteiger partial charge is 0.379 e. The molecule has 0 aliphatic rings. The molecule has 0 aromatic carbocycles. The van der Waals surface area contributed by atoms with Gasteiger partial charge >= 0.3 is 0 Å². The van der Waals surface area contributed by atoms with E-state index in [2.05, 4.69) is 6.92 Å². The van der Waals surface area contributed by atoms with Gasteiger partial charge in [0.05, 0.1) is 13.2 Å². The van der Waals surface area contributed by atoms with Gasteiger partial charge in [-0.05, 0) is 20.3 Å². The Kier molecular flexibility index (Phi) is 7.94. The molecule has 13 heavy (non-hydrogen) atoms. The Balaban J connectivity index is 3.11. The van der Waals surface area contributed by atoms with Crippen LogP contribution in [-0.2, 0) is 14.3 Å². The average molecular weight is 188 g/mol. The van der Waals surface area contributed by atoms with Crippen molar-refractivity contribution in [1.82, 2.24) is 0 Å². The molecule has 0 aliphatic heterocycles. The molecule has 3 heteroatoms. The van der Waals surface area contributed by atoms with Crippen LogP contribution in [0.2, 0.25) is 0 Å². The summed E-state index contributed by atoms with van der Waals surface area (Å²) in [5.41, 5.74) is 0. The maximum atomic E-state index is 10.7. The van der Waals surface area contributed by atoms with Crippen molar-refractivity contribution in [2.24, 2.45) is 0 Å². The van der Waals surface area contributed by atoms with Crippen LogP contribution in [0.25, 0.3) is 0 Å². The number of ketones is 1. The minimum atomic E-state index is -0.297. The highest BCUT2D eigenvalue weighted by atomic mass is 16.5. The summed E-state index contributed by atoms with van der Waals surface area (Å²) in [5, 5.41) is 0. The van der Waals surface area contributed by atoms with Gasteiger partial charge < -0.3 is 9.47 Å². The molecule has 0 fully saturated rings. The van der Waals surface area contributed by atoms with E-state index in [0.29, 0.717) is 13.2 Å². The highest BCUT2D eigenvalue weighted by Crippen LogP contribution is 1.93. The SMILES string of the molecule is CCCCOCCOC(C)C(C)=O. The Bertz CT molecular complexity index is 134. The summed E-state index contributed by atoms with van der Waals surface area (Å²) >= 11 is 0. The number of carbonyl (C=O) groups is 1. The van der Waals surface area contributed by atoms with E-state index in [9.17, 15) is 4.79 Å². The van der Waals surface area contributed by atoms with Gasteiger partial charge in [0.15, 0.2) is 5.78 Å². The normalized spacial score (nSPS) is 12.8. The second-order valence-electron chi connectivity index (χ2n) is 3.09. The van der Waals surface area contributed by atoms with Crippen LogP contribution in [0, 0.1) is 0 Å². The molecule has 78 valence electrons. The summed E-state index contributed by atoms with van der Waals surface area (Å²) < 4.78 is 10.5. The molecule has 1 atom stereocenters. The molecular weight excluding hydrogens is 168 g/mol. The van der Waals surface area contributed by atoms with E-state index in [4.69, 9.17) is 9.47 Å². The van der Waals surface area contributed by atoms with E-state index in [-0.39, 0.29) is 11.9 Å². The summed E-state index contributed by atoms with van der Waals surface area (Å²) in [5.74, 6) is 0.0635. The zero-order valence-electron chi connectivity index (χ0n) is 8.84. The number of Topliss-reactive ketones (excluding diaryl/α,β-unsaturated/α-hetero) is 1. The number of carbonyl (C=O) groups excluding carboxylic acids is 1. The van der Waals surface area contributed by atoms with Crippen molar-refractivity contribution in [3.05, 3.63) is 0 Å². The molecule has 0 heterocycles. The first-order valence-corrected chi connectivity index (χ1v) is 4.88. The summed E-state index contributed by atoms with van der Waals surface area (Å²) in [4.78, 5) is 10.7. The number of hydrogen-bond donors (Lipinski definition) is 0. The van der Waals surface area contributed by atoms with Crippen molar-refractivity contribution in [1.29, 1.82) is 0 Å². The zero-order chi connectivity index (χ0) is 10.1. The van der Waals surface area contributed by atoms with Crippen LogP contribution >= 0.6 is 0 Å². The second-order valence-corrected chi connectivity index (χ2v) is 3.09. The van der Waals surface area contributed by atoms with E-state index in [1.54, 1.807) is 6.92 Å². The zero-order valence-corrected chi connectivity index (χ0v) is 8.84. The Morgan fingerprint density at radius 2 is 2.00 bits per heavy atom. The third kappa shape index (κ3) is 7.94. The predicted molar refractivity (Wildman–Crippen MR) is 51.8 cm³/mol. The lowest BCUT2D eigenvalue weighted by atomic mass is 10.3. The Morgan fingerprint density at radius 1 is 1.31 bits per heavy atom. The summed E-state index contributed by atoms with van der Waals surface area (Å²) in [6.45, 7) is 7.28. The molecule has 0 N–H and O–H groups in total. The lowest BCUT2D eigenvalue weighted by Gasteiger charge is -2.09. The van der Waals surface area contributed by atoms with Crippen LogP contribution in [-0.4, -0.2) is 31.7 Å². The topological polar surface area (TPSA) is 35.5 Å². The van der Waals surface area contributed by atoms with Crippen molar-refractivity contribution in [3.8, 4) is 0 Å². The first-order valence-electron chi connectivity index (χ1n) is 4.88. The van der Waals surface area contributed by atoms with Crippen LogP contribution in [0.4, 0.5) is 0 Å². The van der Waals surface area contributed by atoms with Crippen LogP contribution in [0.1, 0.15) is 33.6 Å². The second kappa shape index (κ2) is 8.20. The van der Waals surface area contributed by atoms with Gasteiger partial charge in [-0.15, -0.1) is 0 Å². The molecule has 0 aliphatic carbocycles. The molecule has 0 amide bonds. The third-order valence-corrected chi connectivity index (χ3v) is 1.81. The summed E-state index contributed by atoms with van der Waals surface area (Å²) in [7, 11) is 0. The standard InChI is InChI=1S/C10H20O3/c1-4-5-6-12-7-8-13-10(3)9(2)11/h10H,4-8H2,1-3H3. The van der Waals surface area contributed by atoms with Gasteiger partial charge in [0, 0.05) is 6.61 Å². The number of rotatable bonds is 8. The van der Waals surface area contributed by atoms with Gasteiger partial charge in [0.25, 0.3) is 0 Å². The van der Waals surface area contributed by atoms with E-state index < -0.39 is 0 Å². The van der Waals surface area contributed by atoms with Crippen LogP contribution < -0.4 is 0 Å². The van der Waals surface area contributed by atoms with E-state index >= 15 is 0 Å². The van der Waals surface area contributed by atoms with Crippen molar-refractivity contribution in [3.63, 3.8) is 0 Å². The Hall–Kier alpha value is -0.410. The van der Waals surface area contributed by atoms with E-state index in [1.807, 2.05) is 0 Å². The fraction of sp³-hybridized carbons (Fsp3) is 0.900. The molecule has 0 aromatic heterocycles. The maximum Gasteiger partial charge on any atom is 0.158 e. The molecule has 0 spiro atoms. The van der Waals surface area contributed by atoms with Crippen LogP contribution in [0.15, 0.2) is 0 Å². The van der Waals surface area contributed by atoms with Gasteiger partial charge in [0.1, 0.15) is 6.10 Å². The van der Waals surface area contributed by atoms with Crippen molar-refractivity contribution < 1.29 is 14.3 Å². The fourth-order valence-electron chi connectivity index (χ4n) is 0.750. The molecule has 0 saturated carbocycles. The number of unbranched alkanes of at least 4 members (excludes halogenated alkanes) is 1. The minimum Gasteiger partial charge on any atom is -0.379 e. The first-order chi connectivity index (χ1) is 6.18. The van der Waals surface area contributed by atoms with E-state index in [0.717, 1.165) is 19.4 Å². The van der Waals surface area contributed by atoms with Gasteiger partial charge in [-0.1, -0.05) is 13.3 Å². The summed E-state index contributed by atoms with van der Waals surface area (Å²) in [6, 6.07) is 0. The Labute approximate surface area is 80.4 Å². The Morgan fingerprint density at radius 3 is 2.54 bits per heavy atom. The predicted octanol–water partition coefficient (Wildman–Crippen LogP) is 1.80. The average Bonchev–Trinajstić information content (AvgIpc) is 2.10. The first kappa shape index (κ1) is 12.6. The van der Waals surface area contributed by atoms with Crippen molar-refractivity contribution in [2.75, 3.05) is 19.8 Å². The summed E-state index contributed by atoms with van der Waals surface area (Å²) in [6.07, 6.45) is 1.93. The monoisotopic (exact) mass is 188 g/mol. The molecule has 0 rings (SSSR count). The van der Waals surface area contributed by atoms with Crippen LogP contribution in [0.3, 0.4) is 0 Å². The van der Waals surface area contributed by atoms with Gasteiger partial charge in [-0.3, -0.25) is 4.79 Å². The highest BCUT2D eigenvalue weighted by molar-refractivity contribution is 5.79. The fourth-order valence-corrected chi connectivity index (χ4v) is 0.750. The van der Waals surface area contributed by atoms with Crippen molar-refractivity contribution in [2.45, 2.75) is 39.7 Å². The molecule has 0 saturated heterocycles. The highest BCUT2D eigenvalue weighted by Gasteiger charge is 2.05. The molecule has 3 nitrogen and oxygen atoms in total. The number of hydrogen-bond acceptors (Lipinski definition) is 3. The maximum absolute atomic E-state index is 10.7. The lowest BCUT2D eigenvalue weighted by Crippen LogP contribution is -2.20. The lowest BCUT2D eigenvalue weighted by molar-refractivity contribution is -0.128. The minimum absolute atomic E-state index is 0.0635. The molecule has 1 unspecified atom stereocenters. The van der Waals surface area contributed by atoms with Gasteiger partial charge in [-0.2, -0.15) is 0 Å². The van der Waals surface area contributed by atoms with Crippen LogP contribution in [0.5, 0.6) is 0 Å². The van der Waals surface area contributed by atoms with Gasteiger partial charge in [-0.25, -0.2) is 0 Å². The third-order valence-electron chi connectivity index (χ3n) is 1.81.